The monoisotopic (exact) mass is 425 g/mol. The third-order valence-corrected chi connectivity index (χ3v) is 4.20. The highest BCUT2D eigenvalue weighted by atomic mass is 79.9. The van der Waals surface area contributed by atoms with Crippen LogP contribution in [0.2, 0.25) is 0 Å². The predicted octanol–water partition coefficient (Wildman–Crippen LogP) is 3.08. The normalized spacial score (nSPS) is 15.8. The average molecular weight is 426 g/mol. The van der Waals surface area contributed by atoms with Gasteiger partial charge in [0.2, 0.25) is 0 Å². The Bertz CT molecular complexity index is 734. The minimum Gasteiger partial charge on any atom is -0.466 e. The molecule has 0 spiro atoms. The Kier molecular flexibility index (Phi) is 6.42. The van der Waals surface area contributed by atoms with E-state index >= 15 is 0 Å². The third-order valence-electron chi connectivity index (χ3n) is 3.46. The maximum absolute atomic E-state index is 11.9. The van der Waals surface area contributed by atoms with Crippen LogP contribution in [0.3, 0.4) is 0 Å². The number of esters is 3. The maximum Gasteiger partial charge on any atom is 0.350 e. The molecule has 1 saturated heterocycles. The van der Waals surface area contributed by atoms with Crippen molar-refractivity contribution in [3.63, 3.8) is 0 Å². The molecule has 0 saturated carbocycles. The Balaban J connectivity index is 2.02. The van der Waals surface area contributed by atoms with E-state index < -0.39 is 17.7 Å². The van der Waals surface area contributed by atoms with Gasteiger partial charge in [0.15, 0.2) is 5.57 Å². The summed E-state index contributed by atoms with van der Waals surface area (Å²) >= 11 is 3.44. The second-order valence-electron chi connectivity index (χ2n) is 5.99. The minimum atomic E-state index is -1.27. The summed E-state index contributed by atoms with van der Waals surface area (Å²) in [5.41, 5.74) is 1.37. The molecule has 7 nitrogen and oxygen atoms in total. The SMILES string of the molecule is CCOC(=O)CCc1ccc(NC=C2C(=O)OC(C)(C)OC2=O)cc1Br. The molecule has 0 aromatic heterocycles. The van der Waals surface area contributed by atoms with Gasteiger partial charge in [-0.05, 0) is 31.0 Å². The lowest BCUT2D eigenvalue weighted by molar-refractivity contribution is -0.222. The Hall–Kier alpha value is -2.35. The number of ether oxygens (including phenoxy) is 3. The highest BCUT2D eigenvalue weighted by Crippen LogP contribution is 2.25. The van der Waals surface area contributed by atoms with Crippen molar-refractivity contribution < 1.29 is 28.6 Å². The molecule has 8 heteroatoms. The van der Waals surface area contributed by atoms with E-state index in [1.54, 1.807) is 19.1 Å². The van der Waals surface area contributed by atoms with Crippen molar-refractivity contribution in [3.8, 4) is 0 Å². The number of aryl methyl sites for hydroxylation is 1. The van der Waals surface area contributed by atoms with Crippen LogP contribution in [-0.2, 0) is 35.0 Å². The minimum absolute atomic E-state index is 0.216. The number of rotatable bonds is 6. The zero-order valence-electron chi connectivity index (χ0n) is 14.8. The molecule has 1 aromatic carbocycles. The van der Waals surface area contributed by atoms with Gasteiger partial charge < -0.3 is 19.5 Å². The molecule has 0 aliphatic carbocycles. The maximum atomic E-state index is 11.9. The summed E-state index contributed by atoms with van der Waals surface area (Å²) in [4.78, 5) is 35.2. The smallest absolute Gasteiger partial charge is 0.350 e. The summed E-state index contributed by atoms with van der Waals surface area (Å²) in [5.74, 6) is -3.01. The van der Waals surface area contributed by atoms with E-state index in [-0.39, 0.29) is 18.0 Å². The molecule has 1 aliphatic rings. The summed E-state index contributed by atoms with van der Waals surface area (Å²) in [6, 6.07) is 5.39. The number of halogens is 1. The molecular formula is C18H20BrNO6. The molecule has 1 heterocycles. The number of benzene rings is 1. The van der Waals surface area contributed by atoms with Crippen LogP contribution in [0.5, 0.6) is 0 Å². The summed E-state index contributed by atoms with van der Waals surface area (Å²) < 4.78 is 15.7. The standard InChI is InChI=1S/C18H20BrNO6/c1-4-24-15(21)8-6-11-5-7-12(9-14(11)19)20-10-13-16(22)25-18(2,3)26-17(13)23/h5,7,9-10,20H,4,6,8H2,1-3H3. The summed E-state index contributed by atoms with van der Waals surface area (Å²) in [6.45, 7) is 5.10. The molecule has 0 unspecified atom stereocenters. The molecule has 1 N–H and O–H groups in total. The average Bonchev–Trinajstić information content (AvgIpc) is 2.52. The van der Waals surface area contributed by atoms with Crippen molar-refractivity contribution in [1.29, 1.82) is 0 Å². The van der Waals surface area contributed by atoms with Crippen LogP contribution in [-0.4, -0.2) is 30.3 Å². The van der Waals surface area contributed by atoms with E-state index in [0.717, 1.165) is 10.0 Å². The Morgan fingerprint density at radius 1 is 1.27 bits per heavy atom. The summed E-state index contributed by atoms with van der Waals surface area (Å²) in [5, 5.41) is 2.87. The van der Waals surface area contributed by atoms with E-state index in [1.165, 1.54) is 20.0 Å². The molecule has 0 radical (unpaired) electrons. The van der Waals surface area contributed by atoms with Crippen molar-refractivity contribution in [2.24, 2.45) is 0 Å². The van der Waals surface area contributed by atoms with Gasteiger partial charge in [-0.3, -0.25) is 4.79 Å². The fourth-order valence-corrected chi connectivity index (χ4v) is 2.82. The lowest BCUT2D eigenvalue weighted by Gasteiger charge is -2.29. The van der Waals surface area contributed by atoms with E-state index in [2.05, 4.69) is 21.2 Å². The van der Waals surface area contributed by atoms with Crippen molar-refractivity contribution >= 4 is 39.5 Å². The second kappa shape index (κ2) is 8.35. The van der Waals surface area contributed by atoms with Gasteiger partial charge in [-0.2, -0.15) is 0 Å². The van der Waals surface area contributed by atoms with E-state index in [1.807, 2.05) is 6.07 Å². The molecule has 0 atom stereocenters. The van der Waals surface area contributed by atoms with Crippen LogP contribution >= 0.6 is 15.9 Å². The molecule has 0 bridgehead atoms. The number of carbonyl (C=O) groups is 3. The summed E-state index contributed by atoms with van der Waals surface area (Å²) in [7, 11) is 0. The number of cyclic esters (lactones) is 2. The number of carbonyl (C=O) groups excluding carboxylic acids is 3. The highest BCUT2D eigenvalue weighted by Gasteiger charge is 2.38. The van der Waals surface area contributed by atoms with Crippen LogP contribution in [0, 0.1) is 0 Å². The van der Waals surface area contributed by atoms with Gasteiger partial charge in [-0.25, -0.2) is 9.59 Å². The molecule has 0 amide bonds. The van der Waals surface area contributed by atoms with E-state index in [4.69, 9.17) is 14.2 Å². The molecule has 140 valence electrons. The van der Waals surface area contributed by atoms with E-state index in [9.17, 15) is 14.4 Å². The first-order valence-electron chi connectivity index (χ1n) is 8.09. The van der Waals surface area contributed by atoms with Gasteiger partial charge in [0.1, 0.15) is 0 Å². The van der Waals surface area contributed by atoms with Crippen LogP contribution in [0.4, 0.5) is 5.69 Å². The predicted molar refractivity (Wildman–Crippen MR) is 97.1 cm³/mol. The second-order valence-corrected chi connectivity index (χ2v) is 6.85. The fraction of sp³-hybridized carbons (Fsp3) is 0.389. The van der Waals surface area contributed by atoms with Crippen LogP contribution in [0.1, 0.15) is 32.8 Å². The molecule has 26 heavy (non-hydrogen) atoms. The molecular weight excluding hydrogens is 406 g/mol. The van der Waals surface area contributed by atoms with Gasteiger partial charge >= 0.3 is 17.9 Å². The number of hydrogen-bond acceptors (Lipinski definition) is 7. The molecule has 1 aliphatic heterocycles. The van der Waals surface area contributed by atoms with Gasteiger partial charge in [0, 0.05) is 36.6 Å². The zero-order chi connectivity index (χ0) is 19.3. The Morgan fingerprint density at radius 3 is 2.50 bits per heavy atom. The third kappa shape index (κ3) is 5.32. The molecule has 1 aromatic rings. The topological polar surface area (TPSA) is 90.9 Å². The van der Waals surface area contributed by atoms with Gasteiger partial charge in [0.05, 0.1) is 6.61 Å². The quantitative estimate of drug-likeness (QED) is 0.425. The van der Waals surface area contributed by atoms with Crippen molar-refractivity contribution in [2.45, 2.75) is 39.4 Å². The van der Waals surface area contributed by atoms with Crippen molar-refractivity contribution in [3.05, 3.63) is 40.0 Å². The summed E-state index contributed by atoms with van der Waals surface area (Å²) in [6.07, 6.45) is 2.07. The van der Waals surface area contributed by atoms with Crippen LogP contribution in [0.15, 0.2) is 34.4 Å². The molecule has 1 fully saturated rings. The molecule has 2 rings (SSSR count). The van der Waals surface area contributed by atoms with Crippen molar-refractivity contribution in [2.75, 3.05) is 11.9 Å². The van der Waals surface area contributed by atoms with Crippen LogP contribution < -0.4 is 5.32 Å². The van der Waals surface area contributed by atoms with Gasteiger partial charge in [-0.1, -0.05) is 22.0 Å². The van der Waals surface area contributed by atoms with Crippen molar-refractivity contribution in [1.82, 2.24) is 0 Å². The zero-order valence-corrected chi connectivity index (χ0v) is 16.3. The number of nitrogens with one attached hydrogen (secondary N) is 1. The number of anilines is 1. The largest absolute Gasteiger partial charge is 0.466 e. The van der Waals surface area contributed by atoms with Crippen LogP contribution in [0.25, 0.3) is 0 Å². The Morgan fingerprint density at radius 2 is 1.92 bits per heavy atom. The fourth-order valence-electron chi connectivity index (χ4n) is 2.24. The first kappa shape index (κ1) is 20.0. The Labute approximate surface area is 159 Å². The lowest BCUT2D eigenvalue weighted by Crippen LogP contribution is -2.42. The highest BCUT2D eigenvalue weighted by molar-refractivity contribution is 9.10. The van der Waals surface area contributed by atoms with E-state index in [0.29, 0.717) is 18.7 Å². The van der Waals surface area contributed by atoms with Gasteiger partial charge in [-0.15, -0.1) is 0 Å². The number of hydrogen-bond donors (Lipinski definition) is 1. The first-order valence-corrected chi connectivity index (χ1v) is 8.88. The van der Waals surface area contributed by atoms with Gasteiger partial charge in [0.25, 0.3) is 5.79 Å². The first-order chi connectivity index (χ1) is 12.2. The lowest BCUT2D eigenvalue weighted by atomic mass is 10.1.